The Balaban J connectivity index is 1.13. The van der Waals surface area contributed by atoms with Gasteiger partial charge in [0.2, 0.25) is 5.91 Å². The molecule has 2 bridgehead atoms. The molecule has 2 aliphatic carbocycles. The number of ether oxygens (including phenoxy) is 2. The van der Waals surface area contributed by atoms with Crippen LogP contribution in [0.15, 0.2) is 36.4 Å². The monoisotopic (exact) mass is 743 g/mol. The molecule has 0 spiro atoms. The summed E-state index contributed by atoms with van der Waals surface area (Å²) in [4.78, 5) is 45.5. The summed E-state index contributed by atoms with van der Waals surface area (Å²) in [6, 6.07) is 11.6. The van der Waals surface area contributed by atoms with Crippen LogP contribution in [0.1, 0.15) is 105 Å². The first-order chi connectivity index (χ1) is 25.3. The lowest BCUT2D eigenvalue weighted by Crippen LogP contribution is -2.53. The Labute approximate surface area is 310 Å². The second-order valence-electron chi connectivity index (χ2n) is 17.1. The molecule has 1 N–H and O–H groups in total. The molecule has 2 saturated carbocycles. The zero-order valence-electron chi connectivity index (χ0n) is 31.0. The van der Waals surface area contributed by atoms with Crippen molar-refractivity contribution in [3.63, 3.8) is 0 Å². The first kappa shape index (κ1) is 34.7. The lowest BCUT2D eigenvalue weighted by molar-refractivity contribution is -0.140. The standard InChI is InChI=1S/C40H49N5O7S/c1-39(2,3)52-38(48)44-22-26-18-27(44)21-43(26)37(47)40-20-32(40)31-19-28(51-4)12-14-29(31)35-34(24-9-6-5-7-10-24)30-13-11-25(17-33(30)45(35)23-40)36(46)41-53(49,50)42-15-8-16-42/h11-14,17,19,24,26-27,32H,5-10,15-16,18,20-23H2,1-4H3,(H,41,46)/t26-,27-,32?,40?/m1/s1. The van der Waals surface area contributed by atoms with Gasteiger partial charge in [-0.2, -0.15) is 12.7 Å². The molecule has 2 unspecified atom stereocenters. The van der Waals surface area contributed by atoms with Crippen molar-refractivity contribution in [1.29, 1.82) is 0 Å². The minimum atomic E-state index is -3.93. The normalized spacial score (nSPS) is 26.7. The maximum atomic E-state index is 15.1. The highest BCUT2D eigenvalue weighted by molar-refractivity contribution is 7.87. The molecule has 0 radical (unpaired) electrons. The first-order valence-electron chi connectivity index (χ1n) is 19.3. The van der Waals surface area contributed by atoms with Gasteiger partial charge in [0.1, 0.15) is 11.4 Å². The SMILES string of the molecule is COc1ccc2c(c1)C1CC1(C(=O)N1C[C@H]3C[C@@H]1CN3C(=O)OC(C)(C)C)Cn1c-2c(C2CCCCC2)c2ccc(C(=O)NS(=O)(=O)N3CCC3)cc21. The van der Waals surface area contributed by atoms with E-state index in [1.165, 1.54) is 16.3 Å². The summed E-state index contributed by atoms with van der Waals surface area (Å²) >= 11 is 0. The summed E-state index contributed by atoms with van der Waals surface area (Å²) in [5, 5.41) is 1.05. The van der Waals surface area contributed by atoms with E-state index in [9.17, 15) is 18.0 Å². The van der Waals surface area contributed by atoms with Gasteiger partial charge in [-0.1, -0.05) is 25.3 Å². The lowest BCUT2D eigenvalue weighted by Gasteiger charge is -2.37. The number of carbonyl (C=O) groups excluding carboxylic acids is 3. The van der Waals surface area contributed by atoms with E-state index in [1.54, 1.807) is 18.1 Å². The van der Waals surface area contributed by atoms with E-state index >= 15 is 4.79 Å². The number of likely N-dealkylation sites (tertiary alicyclic amines) is 2. The van der Waals surface area contributed by atoms with Crippen LogP contribution < -0.4 is 9.46 Å². The highest BCUT2D eigenvalue weighted by atomic mass is 32.2. The second-order valence-corrected chi connectivity index (χ2v) is 18.8. The molecule has 3 saturated heterocycles. The van der Waals surface area contributed by atoms with E-state index in [2.05, 4.69) is 21.4 Å². The molecule has 2 aromatic carbocycles. The summed E-state index contributed by atoms with van der Waals surface area (Å²) in [7, 11) is -2.26. The van der Waals surface area contributed by atoms with Crippen molar-refractivity contribution in [2.75, 3.05) is 33.3 Å². The van der Waals surface area contributed by atoms with Crippen LogP contribution >= 0.6 is 0 Å². The van der Waals surface area contributed by atoms with Gasteiger partial charge in [0.05, 0.1) is 30.3 Å². The van der Waals surface area contributed by atoms with Crippen LogP contribution in [0.4, 0.5) is 4.79 Å². The number of nitrogens with one attached hydrogen (secondary N) is 1. The van der Waals surface area contributed by atoms with Gasteiger partial charge >= 0.3 is 16.3 Å². The molecule has 13 heteroatoms. The van der Waals surface area contributed by atoms with Gasteiger partial charge < -0.3 is 23.8 Å². The summed E-state index contributed by atoms with van der Waals surface area (Å²) < 4.78 is 43.1. The third-order valence-corrected chi connectivity index (χ3v) is 14.2. The maximum absolute atomic E-state index is 15.1. The zero-order valence-corrected chi connectivity index (χ0v) is 31.8. The molecule has 4 atom stereocenters. The Hall–Kier alpha value is -4.10. The van der Waals surface area contributed by atoms with Crippen molar-refractivity contribution >= 4 is 39.0 Å². The molecular weight excluding hydrogens is 695 g/mol. The van der Waals surface area contributed by atoms with Gasteiger partial charge in [-0.3, -0.25) is 9.59 Å². The van der Waals surface area contributed by atoms with Crippen LogP contribution in [0.25, 0.3) is 22.2 Å². The van der Waals surface area contributed by atoms with E-state index in [0.717, 1.165) is 72.0 Å². The summed E-state index contributed by atoms with van der Waals surface area (Å²) in [5.41, 5.74) is 4.33. The number of amides is 3. The lowest BCUT2D eigenvalue weighted by atomic mass is 9.81. The molecule has 3 aromatic rings. The van der Waals surface area contributed by atoms with Crippen molar-refractivity contribution in [3.8, 4) is 17.0 Å². The van der Waals surface area contributed by atoms with Crippen LogP contribution in [0, 0.1) is 5.41 Å². The molecule has 9 rings (SSSR count). The summed E-state index contributed by atoms with van der Waals surface area (Å²) in [5.74, 6) is 0.485. The quantitative estimate of drug-likeness (QED) is 0.340. The van der Waals surface area contributed by atoms with Gasteiger partial charge in [0.25, 0.3) is 5.91 Å². The highest BCUT2D eigenvalue weighted by Crippen LogP contribution is 2.66. The third kappa shape index (κ3) is 5.63. The van der Waals surface area contributed by atoms with Crippen molar-refractivity contribution in [2.24, 2.45) is 5.41 Å². The Morgan fingerprint density at radius 2 is 1.66 bits per heavy atom. The number of nitrogens with zero attached hydrogens (tertiary/aromatic N) is 4. The zero-order chi connectivity index (χ0) is 37.0. The largest absolute Gasteiger partial charge is 0.497 e. The molecule has 5 heterocycles. The van der Waals surface area contributed by atoms with Crippen molar-refractivity contribution in [1.82, 2.24) is 23.4 Å². The Morgan fingerprint density at radius 3 is 2.32 bits per heavy atom. The molecule has 282 valence electrons. The number of carbonyl (C=O) groups is 3. The van der Waals surface area contributed by atoms with Gasteiger partial charge in [-0.15, -0.1) is 0 Å². The van der Waals surface area contributed by atoms with Gasteiger partial charge in [-0.25, -0.2) is 9.52 Å². The molecule has 12 nitrogen and oxygen atoms in total. The molecule has 4 aliphatic heterocycles. The minimum Gasteiger partial charge on any atom is -0.497 e. The van der Waals surface area contributed by atoms with E-state index in [0.29, 0.717) is 45.1 Å². The van der Waals surface area contributed by atoms with Crippen LogP contribution in [0.5, 0.6) is 5.75 Å². The predicted molar refractivity (Wildman–Crippen MR) is 199 cm³/mol. The summed E-state index contributed by atoms with van der Waals surface area (Å²) in [6.45, 7) is 7.77. The molecule has 5 fully saturated rings. The van der Waals surface area contributed by atoms with Crippen molar-refractivity contribution in [2.45, 2.75) is 108 Å². The highest BCUT2D eigenvalue weighted by Gasteiger charge is 2.66. The number of rotatable bonds is 6. The number of hydrogen-bond acceptors (Lipinski definition) is 7. The molecule has 6 aliphatic rings. The average Bonchev–Trinajstić information content (AvgIpc) is 3.33. The van der Waals surface area contributed by atoms with E-state index in [4.69, 9.17) is 9.47 Å². The smallest absolute Gasteiger partial charge is 0.410 e. The second kappa shape index (κ2) is 12.2. The number of fused-ring (bicyclic) bond motifs is 9. The van der Waals surface area contributed by atoms with Gasteiger partial charge in [0, 0.05) is 60.7 Å². The Bertz CT molecular complexity index is 2150. The fourth-order valence-corrected chi connectivity index (χ4v) is 11.2. The third-order valence-electron chi connectivity index (χ3n) is 12.7. The van der Waals surface area contributed by atoms with E-state index < -0.39 is 27.1 Å². The molecule has 53 heavy (non-hydrogen) atoms. The van der Waals surface area contributed by atoms with Crippen LogP contribution in [0.3, 0.4) is 0 Å². The predicted octanol–water partition coefficient (Wildman–Crippen LogP) is 5.75. The Morgan fingerprint density at radius 1 is 0.925 bits per heavy atom. The van der Waals surface area contributed by atoms with Crippen LogP contribution in [0.2, 0.25) is 0 Å². The van der Waals surface area contributed by atoms with E-state index in [1.807, 2.05) is 43.9 Å². The van der Waals surface area contributed by atoms with Crippen LogP contribution in [-0.4, -0.2) is 96.0 Å². The van der Waals surface area contributed by atoms with Crippen molar-refractivity contribution in [3.05, 3.63) is 53.1 Å². The van der Waals surface area contributed by atoms with Crippen LogP contribution in [-0.2, 0) is 26.3 Å². The number of methoxy groups -OCH3 is 1. The number of aromatic nitrogens is 1. The first-order valence-corrected chi connectivity index (χ1v) is 20.7. The maximum Gasteiger partial charge on any atom is 0.410 e. The minimum absolute atomic E-state index is 0.0245. The fourth-order valence-electron chi connectivity index (χ4n) is 9.94. The molecular formula is C40H49N5O7S. The topological polar surface area (TPSA) is 130 Å². The molecule has 1 aromatic heterocycles. The summed E-state index contributed by atoms with van der Waals surface area (Å²) in [6.07, 6.45) is 7.48. The van der Waals surface area contributed by atoms with E-state index in [-0.39, 0.29) is 35.6 Å². The Kier molecular flexibility index (Phi) is 7.98. The van der Waals surface area contributed by atoms with Gasteiger partial charge in [-0.05, 0) is 100 Å². The number of hydrogen-bond donors (Lipinski definition) is 1. The van der Waals surface area contributed by atoms with Gasteiger partial charge in [0.15, 0.2) is 0 Å². The fraction of sp³-hybridized carbons (Fsp3) is 0.575. The van der Waals surface area contributed by atoms with Crippen molar-refractivity contribution < 1.29 is 32.3 Å². The number of piperazine rings is 1. The number of benzene rings is 2. The molecule has 3 amide bonds. The average molecular weight is 744 g/mol.